The zero-order chi connectivity index (χ0) is 31.2. The number of nitrogens with zero attached hydrogens (tertiary/aromatic N) is 6. The van der Waals surface area contributed by atoms with Crippen LogP contribution in [0.3, 0.4) is 0 Å². The summed E-state index contributed by atoms with van der Waals surface area (Å²) >= 11 is 0. The fourth-order valence-corrected chi connectivity index (χ4v) is 6.07. The number of benzene rings is 5. The number of furan rings is 1. The maximum atomic E-state index is 6.47. The second kappa shape index (κ2) is 11.1. The van der Waals surface area contributed by atoms with E-state index in [1.807, 2.05) is 127 Å². The van der Waals surface area contributed by atoms with Crippen LogP contribution >= 0.6 is 0 Å². The Kier molecular flexibility index (Phi) is 6.31. The van der Waals surface area contributed by atoms with E-state index in [4.69, 9.17) is 29.3 Å². The van der Waals surface area contributed by atoms with Gasteiger partial charge >= 0.3 is 0 Å². The number of hydrogen-bond donors (Lipinski definition) is 0. The van der Waals surface area contributed by atoms with E-state index in [-0.39, 0.29) is 0 Å². The quantitative estimate of drug-likeness (QED) is 0.193. The molecule has 7 nitrogen and oxygen atoms in total. The molecular weight excluding hydrogens is 580 g/mol. The number of aromatic nitrogens is 6. The van der Waals surface area contributed by atoms with E-state index in [1.165, 1.54) is 0 Å². The molecule has 9 aromatic rings. The second-order valence-corrected chi connectivity index (χ2v) is 11.1. The van der Waals surface area contributed by atoms with E-state index in [9.17, 15) is 0 Å². The monoisotopic (exact) mass is 604 g/mol. The molecule has 0 radical (unpaired) electrons. The first kappa shape index (κ1) is 26.8. The average Bonchev–Trinajstić information content (AvgIpc) is 3.54. The van der Waals surface area contributed by atoms with Gasteiger partial charge in [0.25, 0.3) is 0 Å². The second-order valence-electron chi connectivity index (χ2n) is 11.1. The third-order valence-electron chi connectivity index (χ3n) is 8.22. The zero-order valence-corrected chi connectivity index (χ0v) is 24.9. The third-order valence-corrected chi connectivity index (χ3v) is 8.22. The van der Waals surface area contributed by atoms with Gasteiger partial charge in [0.15, 0.2) is 28.9 Å². The van der Waals surface area contributed by atoms with Crippen LogP contribution in [0.5, 0.6) is 0 Å². The van der Waals surface area contributed by atoms with E-state index in [2.05, 4.69) is 17.1 Å². The molecule has 47 heavy (non-hydrogen) atoms. The Hall–Kier alpha value is -6.60. The van der Waals surface area contributed by atoms with Crippen LogP contribution in [0, 0.1) is 0 Å². The fourth-order valence-electron chi connectivity index (χ4n) is 6.07. The fraction of sp³-hybridized carbons (Fsp3) is 0. The van der Waals surface area contributed by atoms with Crippen molar-refractivity contribution in [3.8, 4) is 56.8 Å². The van der Waals surface area contributed by atoms with E-state index in [1.54, 1.807) is 6.20 Å². The highest BCUT2D eigenvalue weighted by atomic mass is 16.3. The molecule has 0 aliphatic heterocycles. The standard InChI is InChI=1S/C40H24N6O/c1-4-13-25(14-5-1)35-30-21-12-24-41-38(30)46-39(42-35)28-19-10-22-31-33(28)34-29(20-11-23-32(34)47-31)40-44-36(26-15-6-2-7-16-26)43-37(45-40)27-17-8-3-9-18-27/h1-24H. The third kappa shape index (κ3) is 4.69. The van der Waals surface area contributed by atoms with Crippen molar-refractivity contribution in [3.05, 3.63) is 146 Å². The van der Waals surface area contributed by atoms with Gasteiger partial charge in [-0.1, -0.05) is 115 Å². The molecule has 0 saturated heterocycles. The Bertz CT molecular complexity index is 2510. The highest BCUT2D eigenvalue weighted by Gasteiger charge is 2.22. The van der Waals surface area contributed by atoms with Gasteiger partial charge < -0.3 is 4.42 Å². The van der Waals surface area contributed by atoms with E-state index < -0.39 is 0 Å². The summed E-state index contributed by atoms with van der Waals surface area (Å²) in [5.74, 6) is 2.29. The van der Waals surface area contributed by atoms with Gasteiger partial charge in [0.2, 0.25) is 0 Å². The largest absolute Gasteiger partial charge is 0.456 e. The summed E-state index contributed by atoms with van der Waals surface area (Å²) in [5, 5.41) is 2.66. The first-order valence-electron chi connectivity index (χ1n) is 15.3. The Morgan fingerprint density at radius 3 is 1.47 bits per heavy atom. The van der Waals surface area contributed by atoms with Gasteiger partial charge in [-0.3, -0.25) is 0 Å². The van der Waals surface area contributed by atoms with Crippen molar-refractivity contribution in [2.45, 2.75) is 0 Å². The van der Waals surface area contributed by atoms with Crippen LogP contribution in [-0.4, -0.2) is 29.9 Å². The molecule has 0 N–H and O–H groups in total. The number of hydrogen-bond acceptors (Lipinski definition) is 7. The lowest BCUT2D eigenvalue weighted by molar-refractivity contribution is 0.669. The zero-order valence-electron chi connectivity index (χ0n) is 24.9. The van der Waals surface area contributed by atoms with Gasteiger partial charge in [0, 0.05) is 50.2 Å². The van der Waals surface area contributed by atoms with Crippen molar-refractivity contribution < 1.29 is 4.42 Å². The van der Waals surface area contributed by atoms with Gasteiger partial charge in [-0.25, -0.2) is 29.9 Å². The topological polar surface area (TPSA) is 90.5 Å². The predicted molar refractivity (Wildman–Crippen MR) is 185 cm³/mol. The summed E-state index contributed by atoms with van der Waals surface area (Å²) in [4.78, 5) is 29.7. The van der Waals surface area contributed by atoms with Gasteiger partial charge in [-0.05, 0) is 24.3 Å². The van der Waals surface area contributed by atoms with Crippen LogP contribution in [0.2, 0.25) is 0 Å². The molecule has 0 saturated carbocycles. The van der Waals surface area contributed by atoms with Crippen LogP contribution in [0.15, 0.2) is 150 Å². The van der Waals surface area contributed by atoms with Crippen LogP contribution < -0.4 is 0 Å². The molecule has 5 aromatic carbocycles. The number of pyridine rings is 1. The molecule has 220 valence electrons. The van der Waals surface area contributed by atoms with Crippen molar-refractivity contribution in [1.82, 2.24) is 29.9 Å². The molecule has 0 bridgehead atoms. The average molecular weight is 605 g/mol. The smallest absolute Gasteiger partial charge is 0.164 e. The summed E-state index contributed by atoms with van der Waals surface area (Å²) in [6.07, 6.45) is 1.76. The maximum absolute atomic E-state index is 6.47. The molecule has 0 aliphatic carbocycles. The minimum Gasteiger partial charge on any atom is -0.456 e. The Labute approximate surface area is 269 Å². The summed E-state index contributed by atoms with van der Waals surface area (Å²) in [6, 6.07) is 46.0. The van der Waals surface area contributed by atoms with E-state index >= 15 is 0 Å². The van der Waals surface area contributed by atoms with Gasteiger partial charge in [-0.15, -0.1) is 0 Å². The molecule has 0 spiro atoms. The predicted octanol–water partition coefficient (Wildman–Crippen LogP) is 9.44. The summed E-state index contributed by atoms with van der Waals surface area (Å²) in [7, 11) is 0. The molecule has 0 amide bonds. The molecule has 7 heteroatoms. The highest BCUT2D eigenvalue weighted by molar-refractivity contribution is 6.17. The Balaban J connectivity index is 1.32. The van der Waals surface area contributed by atoms with E-state index in [0.717, 1.165) is 60.8 Å². The molecule has 0 atom stereocenters. The van der Waals surface area contributed by atoms with Gasteiger partial charge in [0.1, 0.15) is 11.2 Å². The van der Waals surface area contributed by atoms with Crippen LogP contribution in [0.1, 0.15) is 0 Å². The van der Waals surface area contributed by atoms with E-state index in [0.29, 0.717) is 28.9 Å². The molecule has 4 aromatic heterocycles. The van der Waals surface area contributed by atoms with Crippen LogP contribution in [0.4, 0.5) is 0 Å². The lowest BCUT2D eigenvalue weighted by Crippen LogP contribution is -2.00. The number of rotatable bonds is 5. The molecule has 0 unspecified atom stereocenters. The van der Waals surface area contributed by atoms with Crippen molar-refractivity contribution in [2.24, 2.45) is 0 Å². The first-order chi connectivity index (χ1) is 23.3. The molecule has 0 aliphatic rings. The minimum absolute atomic E-state index is 0.548. The summed E-state index contributed by atoms with van der Waals surface area (Å²) < 4.78 is 6.47. The molecule has 4 heterocycles. The van der Waals surface area contributed by atoms with Crippen molar-refractivity contribution in [1.29, 1.82) is 0 Å². The van der Waals surface area contributed by atoms with Crippen LogP contribution in [0.25, 0.3) is 89.8 Å². The normalized spacial score (nSPS) is 11.4. The van der Waals surface area contributed by atoms with Crippen molar-refractivity contribution >= 4 is 33.0 Å². The summed E-state index contributed by atoms with van der Waals surface area (Å²) in [5.41, 5.74) is 7.34. The molecular formula is C40H24N6O. The van der Waals surface area contributed by atoms with Crippen LogP contribution in [-0.2, 0) is 0 Å². The number of fused-ring (bicyclic) bond motifs is 4. The maximum Gasteiger partial charge on any atom is 0.164 e. The molecule has 0 fully saturated rings. The lowest BCUT2D eigenvalue weighted by Gasteiger charge is -2.11. The lowest BCUT2D eigenvalue weighted by atomic mass is 10.0. The van der Waals surface area contributed by atoms with Gasteiger partial charge in [0.05, 0.1) is 5.69 Å². The van der Waals surface area contributed by atoms with Crippen molar-refractivity contribution in [3.63, 3.8) is 0 Å². The minimum atomic E-state index is 0.548. The Morgan fingerprint density at radius 2 is 0.894 bits per heavy atom. The highest BCUT2D eigenvalue weighted by Crippen LogP contribution is 2.41. The summed E-state index contributed by atoms with van der Waals surface area (Å²) in [6.45, 7) is 0. The van der Waals surface area contributed by atoms with Crippen molar-refractivity contribution in [2.75, 3.05) is 0 Å². The van der Waals surface area contributed by atoms with Gasteiger partial charge in [-0.2, -0.15) is 0 Å². The first-order valence-corrected chi connectivity index (χ1v) is 15.3. The SMILES string of the molecule is c1ccc(-c2nc(-c3ccccc3)nc(-c3cccc4oc5cccc(-c6nc(-c7ccccc7)c7cccnc7n6)c5c34)n2)cc1. The Morgan fingerprint density at radius 1 is 0.383 bits per heavy atom. The molecule has 9 rings (SSSR count).